The summed E-state index contributed by atoms with van der Waals surface area (Å²) in [6.07, 6.45) is 0.972. The molecule has 3 fully saturated rings. The molecule has 0 unspecified atom stereocenters. The van der Waals surface area contributed by atoms with Gasteiger partial charge in [-0.1, -0.05) is 50.1 Å². The van der Waals surface area contributed by atoms with Crippen LogP contribution in [0.4, 0.5) is 5.69 Å². The highest BCUT2D eigenvalue weighted by atomic mass is 79.9. The first kappa shape index (κ1) is 13.9. The average Bonchev–Trinajstić information content (AvgIpc) is 3.06. The summed E-state index contributed by atoms with van der Waals surface area (Å²) in [5, 5.41) is 0. The molecule has 4 rings (SSSR count). The molecular weight excluding hydrogens is 398 g/mol. The Labute approximate surface area is 140 Å². The SMILES string of the molecule is Cc1ccccc1N1C(=O)[C@H]2[C@@H]3C[C@H]([C@@H](Br)[C@H]3Br)[C@@H]2C1=O. The Hall–Kier alpha value is -0.680. The van der Waals surface area contributed by atoms with Crippen LogP contribution in [0.15, 0.2) is 24.3 Å². The molecule has 0 radical (unpaired) electrons. The van der Waals surface area contributed by atoms with Gasteiger partial charge in [0.05, 0.1) is 17.5 Å². The number of hydrogen-bond donors (Lipinski definition) is 0. The van der Waals surface area contributed by atoms with E-state index in [0.29, 0.717) is 0 Å². The van der Waals surface area contributed by atoms with Gasteiger partial charge in [0.25, 0.3) is 0 Å². The summed E-state index contributed by atoms with van der Waals surface area (Å²) in [4.78, 5) is 27.7. The zero-order valence-electron chi connectivity index (χ0n) is 11.5. The number of fused-ring (bicyclic) bond motifs is 5. The number of hydrogen-bond acceptors (Lipinski definition) is 2. The molecule has 110 valence electrons. The summed E-state index contributed by atoms with van der Waals surface area (Å²) in [7, 11) is 0. The van der Waals surface area contributed by atoms with E-state index in [1.165, 1.54) is 4.90 Å². The molecule has 2 amide bonds. The van der Waals surface area contributed by atoms with Crippen LogP contribution in [0.1, 0.15) is 12.0 Å². The third kappa shape index (κ3) is 1.70. The summed E-state index contributed by atoms with van der Waals surface area (Å²) < 4.78 is 0. The second kappa shape index (κ2) is 4.66. The standard InChI is InChI=1S/C16H15Br2NO2/c1-7-4-2-3-5-10(7)19-15(20)11-8-6-9(12(11)16(19)21)14(18)13(8)17/h2-5,8-9,11-14H,6H2,1H3/t8-,9-,11-,12-,13-,14+/m0/s1. The third-order valence-corrected chi connectivity index (χ3v) is 8.55. The Bertz CT molecular complexity index is 615. The number of rotatable bonds is 1. The van der Waals surface area contributed by atoms with Crippen molar-refractivity contribution in [3.63, 3.8) is 0 Å². The number of carbonyl (C=O) groups excluding carboxylic acids is 2. The largest absolute Gasteiger partial charge is 0.274 e. The van der Waals surface area contributed by atoms with Crippen molar-refractivity contribution in [3.05, 3.63) is 29.8 Å². The number of amides is 2. The number of aryl methyl sites for hydroxylation is 1. The van der Waals surface area contributed by atoms with Crippen LogP contribution in [0, 0.1) is 30.6 Å². The quantitative estimate of drug-likeness (QED) is 0.524. The molecule has 1 saturated heterocycles. The molecule has 2 aliphatic carbocycles. The van der Waals surface area contributed by atoms with E-state index in [2.05, 4.69) is 31.9 Å². The molecule has 1 aromatic rings. The van der Waals surface area contributed by atoms with Gasteiger partial charge in [0.15, 0.2) is 0 Å². The van der Waals surface area contributed by atoms with Crippen molar-refractivity contribution < 1.29 is 9.59 Å². The second-order valence-corrected chi connectivity index (χ2v) is 8.42. The van der Waals surface area contributed by atoms with Gasteiger partial charge in [-0.15, -0.1) is 0 Å². The number of imide groups is 1. The predicted octanol–water partition coefficient (Wildman–Crippen LogP) is 3.28. The van der Waals surface area contributed by atoms with E-state index in [1.807, 2.05) is 31.2 Å². The van der Waals surface area contributed by atoms with Crippen LogP contribution >= 0.6 is 31.9 Å². The molecule has 1 aliphatic heterocycles. The first-order valence-corrected chi connectivity index (χ1v) is 9.07. The average molecular weight is 413 g/mol. The maximum absolute atomic E-state index is 12.9. The maximum Gasteiger partial charge on any atom is 0.238 e. The maximum atomic E-state index is 12.9. The molecule has 0 aromatic heterocycles. The van der Waals surface area contributed by atoms with Crippen molar-refractivity contribution in [1.29, 1.82) is 0 Å². The van der Waals surface area contributed by atoms with Gasteiger partial charge < -0.3 is 0 Å². The summed E-state index contributed by atoms with van der Waals surface area (Å²) in [5.74, 6) is 0.261. The van der Waals surface area contributed by atoms with Crippen LogP contribution in [0.25, 0.3) is 0 Å². The van der Waals surface area contributed by atoms with Gasteiger partial charge in [-0.3, -0.25) is 9.59 Å². The van der Waals surface area contributed by atoms with Gasteiger partial charge in [-0.25, -0.2) is 4.90 Å². The normalized spacial score (nSPS) is 41.0. The summed E-state index contributed by atoms with van der Waals surface area (Å²) in [5.41, 5.74) is 1.72. The van der Waals surface area contributed by atoms with E-state index in [0.717, 1.165) is 17.7 Å². The molecule has 6 atom stereocenters. The molecule has 2 bridgehead atoms. The van der Waals surface area contributed by atoms with E-state index >= 15 is 0 Å². The van der Waals surface area contributed by atoms with Crippen molar-refractivity contribution in [1.82, 2.24) is 0 Å². The van der Waals surface area contributed by atoms with E-state index in [4.69, 9.17) is 0 Å². The second-order valence-electron chi connectivity index (χ2n) is 6.30. The highest BCUT2D eigenvalue weighted by molar-refractivity contribution is 9.12. The van der Waals surface area contributed by atoms with E-state index in [1.54, 1.807) is 0 Å². The molecule has 3 aliphatic rings. The fourth-order valence-corrected chi connectivity index (χ4v) is 6.27. The van der Waals surface area contributed by atoms with Gasteiger partial charge >= 0.3 is 0 Å². The van der Waals surface area contributed by atoms with Crippen molar-refractivity contribution >= 4 is 49.4 Å². The molecule has 21 heavy (non-hydrogen) atoms. The van der Waals surface area contributed by atoms with E-state index in [9.17, 15) is 9.59 Å². The number of alkyl halides is 2. The monoisotopic (exact) mass is 411 g/mol. The van der Waals surface area contributed by atoms with Gasteiger partial charge in [0.1, 0.15) is 0 Å². The lowest BCUT2D eigenvalue weighted by Crippen LogP contribution is -2.37. The van der Waals surface area contributed by atoms with Crippen LogP contribution < -0.4 is 4.90 Å². The Morgan fingerprint density at radius 2 is 1.52 bits per heavy atom. The highest BCUT2D eigenvalue weighted by Crippen LogP contribution is 2.60. The number of benzene rings is 1. The minimum absolute atomic E-state index is 0.00403. The van der Waals surface area contributed by atoms with Crippen molar-refractivity contribution in [2.24, 2.45) is 23.7 Å². The smallest absolute Gasteiger partial charge is 0.238 e. The number of carbonyl (C=O) groups is 2. The molecule has 5 heteroatoms. The Morgan fingerprint density at radius 1 is 1.00 bits per heavy atom. The van der Waals surface area contributed by atoms with Gasteiger partial charge in [0.2, 0.25) is 11.8 Å². The number of anilines is 1. The summed E-state index contributed by atoms with van der Waals surface area (Å²) in [6.45, 7) is 1.94. The molecular formula is C16H15Br2NO2. The van der Waals surface area contributed by atoms with Crippen molar-refractivity contribution in [2.45, 2.75) is 23.0 Å². The zero-order valence-corrected chi connectivity index (χ0v) is 14.7. The van der Waals surface area contributed by atoms with E-state index in [-0.39, 0.29) is 45.1 Å². The van der Waals surface area contributed by atoms with Crippen LogP contribution in [0.2, 0.25) is 0 Å². The van der Waals surface area contributed by atoms with Crippen LogP contribution in [0.5, 0.6) is 0 Å². The van der Waals surface area contributed by atoms with Gasteiger partial charge in [-0.2, -0.15) is 0 Å². The third-order valence-electron chi connectivity index (χ3n) is 5.34. The fraction of sp³-hybridized carbons (Fsp3) is 0.500. The lowest BCUT2D eigenvalue weighted by Gasteiger charge is -2.28. The van der Waals surface area contributed by atoms with Crippen LogP contribution in [0.3, 0.4) is 0 Å². The lowest BCUT2D eigenvalue weighted by atomic mass is 9.81. The minimum atomic E-state index is -0.139. The van der Waals surface area contributed by atoms with E-state index < -0.39 is 0 Å². The lowest BCUT2D eigenvalue weighted by molar-refractivity contribution is -0.123. The van der Waals surface area contributed by atoms with Crippen LogP contribution in [-0.2, 0) is 9.59 Å². The van der Waals surface area contributed by atoms with Gasteiger partial charge in [-0.05, 0) is 36.8 Å². The molecule has 2 saturated carbocycles. The highest BCUT2D eigenvalue weighted by Gasteiger charge is 2.66. The van der Waals surface area contributed by atoms with Crippen LogP contribution in [-0.4, -0.2) is 21.5 Å². The van der Waals surface area contributed by atoms with Crippen molar-refractivity contribution in [3.8, 4) is 0 Å². The molecule has 1 heterocycles. The summed E-state index contributed by atoms with van der Waals surface area (Å²) in [6, 6.07) is 7.62. The zero-order chi connectivity index (χ0) is 14.9. The van der Waals surface area contributed by atoms with Gasteiger partial charge in [0, 0.05) is 9.65 Å². The first-order valence-electron chi connectivity index (χ1n) is 7.24. The Morgan fingerprint density at radius 3 is 2.05 bits per heavy atom. The number of nitrogens with zero attached hydrogens (tertiary/aromatic N) is 1. The topological polar surface area (TPSA) is 37.4 Å². The molecule has 3 nitrogen and oxygen atoms in total. The molecule has 0 N–H and O–H groups in total. The van der Waals surface area contributed by atoms with Crippen molar-refractivity contribution in [2.75, 3.05) is 4.90 Å². The molecule has 1 aromatic carbocycles. The molecule has 0 spiro atoms. The predicted molar refractivity (Wildman–Crippen MR) is 87.7 cm³/mol. The Balaban J connectivity index is 1.77. The fourth-order valence-electron chi connectivity index (χ4n) is 4.40. The first-order chi connectivity index (χ1) is 10.0. The number of para-hydroxylation sites is 1. The number of halogens is 2. The summed E-state index contributed by atoms with van der Waals surface area (Å²) >= 11 is 7.41. The minimum Gasteiger partial charge on any atom is -0.274 e. The Kier molecular flexibility index (Phi) is 3.09.